The van der Waals surface area contributed by atoms with E-state index in [9.17, 15) is 86.4 Å². The molecule has 7 amide bonds. The summed E-state index contributed by atoms with van der Waals surface area (Å²) in [5, 5.41) is 90.1. The van der Waals surface area contributed by atoms with Gasteiger partial charge in [0.15, 0.2) is 29.9 Å². The summed E-state index contributed by atoms with van der Waals surface area (Å²) in [5.41, 5.74) is 7.50. The van der Waals surface area contributed by atoms with Crippen molar-refractivity contribution in [3.63, 3.8) is 0 Å². The average molecular weight is 2170 g/mol. The molecule has 6 aliphatic rings. The van der Waals surface area contributed by atoms with Crippen LogP contribution in [0.25, 0.3) is 0 Å². The number of rotatable bonds is 40. The number of aliphatic hydroxyl groups is 5. The third-order valence-corrected chi connectivity index (χ3v) is 22.4. The van der Waals surface area contributed by atoms with Gasteiger partial charge in [-0.3, -0.25) is 4.79 Å². The second-order valence-electron chi connectivity index (χ2n) is 31.8. The first-order valence-corrected chi connectivity index (χ1v) is 56.4. The number of amides is 7. The van der Waals surface area contributed by atoms with Crippen molar-refractivity contribution in [2.75, 3.05) is 21.2 Å². The maximum Gasteiger partial charge on any atom is -0.870 e. The minimum atomic E-state index is -4.90. The molecule has 0 radical (unpaired) electrons. The first kappa shape index (κ1) is 152. The van der Waals surface area contributed by atoms with Gasteiger partial charge in [0.2, 0.25) is 0 Å². The number of aldehydes is 1. The SMILES string of the molecule is C.C.C.C.CN.CNC(=O)C(O)[C@H](CC1CC1)NC(=O)OCc1ccccc1.COC(=O)C(O)[C@H](CC1CC1)NC(=O)OCc1ccccc1.Cl.N#CC(O)[C@H](CC1CC1)NC(=O)OCc1ccccc1.O=C(N[C@@H](CC1CC1)C(O)C(=O)O)OCc1ccccc1.O=C(N[C@@H](CC1CC1)C(O)S(=O)(=O)[O-])OCc1ccccc1.O=C[C@H](CC1CC1)NC(=O)OCc1ccccc1.O=S(=O)=S(=O)=O.[C-]#N.[K+].[Li+].[Na+].[Na][Na].[OH-]. The third-order valence-electron chi connectivity index (χ3n) is 20.6. The normalized spacial score (nSPS) is 14.7. The minimum absolute atomic E-state index is 0. The molecule has 6 aromatic carbocycles. The monoisotopic (exact) mass is 2170 g/mol. The first-order valence-electron chi connectivity index (χ1n) is 44.3. The fourth-order valence-electron chi connectivity index (χ4n) is 12.3. The third kappa shape index (κ3) is 72.3. The number of hydrogen-bond donors (Lipinski definition) is 14. The van der Waals surface area contributed by atoms with E-state index in [1.165, 1.54) is 64.8 Å². The Kier molecular flexibility index (Phi) is 91.9. The van der Waals surface area contributed by atoms with Crippen LogP contribution in [0.4, 0.5) is 28.8 Å². The number of carboxylic acid groups (broad SMARTS) is 1. The number of likely N-dealkylation sites (N-methyl/N-ethyl adjacent to an activating group) is 1. The summed E-state index contributed by atoms with van der Waals surface area (Å²) < 4.78 is 104. The second kappa shape index (κ2) is 88.4. The summed E-state index contributed by atoms with van der Waals surface area (Å²) in [7, 11) is -6.64. The molecule has 5 unspecified atom stereocenters. The Morgan fingerprint density at radius 1 is 0.438 bits per heavy atom. The van der Waals surface area contributed by atoms with Crippen LogP contribution in [0.15, 0.2) is 182 Å². The van der Waals surface area contributed by atoms with Gasteiger partial charge in [-0.25, -0.2) is 46.8 Å². The van der Waals surface area contributed by atoms with E-state index in [0.29, 0.717) is 55.3 Å². The zero-order valence-electron chi connectivity index (χ0n) is 80.7. The van der Waals surface area contributed by atoms with Gasteiger partial charge in [0.05, 0.1) is 49.4 Å². The Morgan fingerprint density at radius 2 is 0.651 bits per heavy atom. The molecule has 146 heavy (non-hydrogen) atoms. The number of nitrogens with zero attached hydrogens (tertiary/aromatic N) is 2. The fraction of sp³-hybridized carbons (Fsp3) is 0.500. The molecule has 0 aliphatic heterocycles. The molecule has 16 N–H and O–H groups in total. The number of nitrogens with one attached hydrogen (secondary N) is 7. The number of aliphatic hydroxyl groups excluding tert-OH is 5. The Labute approximate surface area is 970 Å². The molecule has 0 heterocycles. The van der Waals surface area contributed by atoms with Crippen molar-refractivity contribution >= 4 is 145 Å². The van der Waals surface area contributed by atoms with Gasteiger partial charge in [0.1, 0.15) is 56.0 Å². The van der Waals surface area contributed by atoms with Crippen LogP contribution >= 0.6 is 12.4 Å². The van der Waals surface area contributed by atoms with Crippen LogP contribution in [0.3, 0.4) is 0 Å². The van der Waals surface area contributed by atoms with Gasteiger partial charge in [0.25, 0.3) is 5.91 Å². The van der Waals surface area contributed by atoms with Gasteiger partial charge >= 0.3 is 210 Å². The molecule has 12 rings (SSSR count). The standard InChI is InChI=1S/C16H22N2O4.C16H21NO5.C15H18N2O3.C15H19NO5.C14H19NO6S.C14H17NO3.CH5N.CN.4CH4.ClH.K.Li.3Na.O4S2.H2O/c1-17-15(20)14(19)13(9-11-7-8-11)18-16(21)22-10-12-5-3-2-4-6-12;1-21-15(19)14(18)13(9-11-7-8-11)17-16(20)22-10-12-5-3-2-4-6-12;16-9-14(18)13(8-11-6-7-11)17-15(19)20-10-12-4-2-1-3-5-12;17-13(14(18)19)12(8-10-6-7-10)16-15(20)21-9-11-4-2-1-3-5-11;16-13(22(18,19)20)12(8-10-6-7-10)15-14(17)21-9-11-4-2-1-3-5-11;16-9-13(8-11-6-7-11)15-14(17)18-10-12-4-2-1-3-5-12;2*1-2;;;;;;;;;;;1-5(2)6(3)4;/h2-6,11,13-14,19H,7-10H2,1H3,(H,17,20)(H,18,21);2-6,11,13-14,18H,7-10H2,1H3,(H,17,20);1-5,11,13-14,18H,6-8,10H2,(H,17,19);1-5,10,12-13,17H,6-9H2,(H,16,20)(H,18,19);1-5,10,12-13,16H,6-9H2,(H,15,17)(H,18,19,20);1-5,9,11,13H,6-8,10H2,(H,15,17);2H2,1H3;;4*1H4;1H;;;;;;;1H2/q;;;;;;;-1;;;;;;2*+1;;;+1;;/p-2/t3*13-,14?;2*12-,13?;13-;;;;;;;;;;;;;;/m000000............../s1. The van der Waals surface area contributed by atoms with Gasteiger partial charge < -0.3 is 133 Å². The Morgan fingerprint density at radius 3 is 0.863 bits per heavy atom. The Balaban J connectivity index is -0.000000307. The van der Waals surface area contributed by atoms with Crippen LogP contribution in [0, 0.1) is 58.7 Å². The van der Waals surface area contributed by atoms with Crippen LogP contribution in [-0.2, 0) is 121 Å². The van der Waals surface area contributed by atoms with Crippen molar-refractivity contribution in [1.29, 1.82) is 10.5 Å². The molecule has 0 bridgehead atoms. The largest absolute Gasteiger partial charge is 0.870 e. The topological polar surface area (TPSA) is 670 Å². The zero-order valence-corrected chi connectivity index (χ0v) is 93.1. The predicted molar refractivity (Wildman–Crippen MR) is 531 cm³/mol. The molecule has 41 nitrogen and oxygen atoms in total. The van der Waals surface area contributed by atoms with E-state index >= 15 is 0 Å². The van der Waals surface area contributed by atoms with Gasteiger partial charge in [-0.15, -0.1) is 12.4 Å². The quantitative estimate of drug-likeness (QED) is 0.00483. The summed E-state index contributed by atoms with van der Waals surface area (Å²) in [6, 6.07) is 53.0. The average Bonchev–Trinajstić information content (AvgIpc) is 1.59. The number of esters is 1. The second-order valence-corrected chi connectivity index (χ2v) is 35.7. The maximum absolute atomic E-state index is 11.9. The number of nitrogens with two attached hydrogens (primary N) is 1. The molecule has 6 saturated carbocycles. The smallest absolute Gasteiger partial charge is 0.870 e. The van der Waals surface area contributed by atoms with Crippen LogP contribution in [0.2, 0.25) is 0 Å². The minimum Gasteiger partial charge on any atom is -0.870 e. The number of methoxy groups -OCH3 is 1. The molecule has 11 atom stereocenters. The molecule has 6 aliphatic carbocycles. The fourth-order valence-corrected chi connectivity index (χ4v) is 12.9. The van der Waals surface area contributed by atoms with Crippen molar-refractivity contribution in [3.05, 3.63) is 222 Å². The van der Waals surface area contributed by atoms with Crippen molar-refractivity contribution in [3.8, 4) is 6.07 Å². The van der Waals surface area contributed by atoms with E-state index in [0.717, 1.165) is 123 Å². The van der Waals surface area contributed by atoms with Crippen molar-refractivity contribution in [2.45, 2.75) is 251 Å². The Hall–Kier alpha value is -7.21. The van der Waals surface area contributed by atoms with E-state index in [-0.39, 0.29) is 199 Å². The summed E-state index contributed by atoms with van der Waals surface area (Å²) in [6.45, 7) is 5.55. The number of carbonyl (C=O) groups excluding carboxylic acids is 9. The Bertz CT molecular complexity index is 4920. The van der Waals surface area contributed by atoms with Crippen LogP contribution < -0.4 is 143 Å². The van der Waals surface area contributed by atoms with Gasteiger partial charge in [-0.2, -0.15) is 22.1 Å². The predicted octanol–water partition coefficient (Wildman–Crippen LogP) is 0.893. The van der Waals surface area contributed by atoms with E-state index in [4.69, 9.17) is 67.5 Å². The molecule has 0 saturated heterocycles. The zero-order chi connectivity index (χ0) is 102. The van der Waals surface area contributed by atoms with Gasteiger partial charge in [-0.05, 0) is 114 Å². The number of alkyl carbamates (subject to hydrolysis) is 6. The molecule has 788 valence electrons. The van der Waals surface area contributed by atoms with Crippen molar-refractivity contribution < 1.29 is 247 Å². The van der Waals surface area contributed by atoms with Crippen molar-refractivity contribution in [1.82, 2.24) is 37.2 Å². The van der Waals surface area contributed by atoms with E-state index in [2.05, 4.69) is 47.7 Å². The number of benzene rings is 6. The van der Waals surface area contributed by atoms with Gasteiger partial charge in [0, 0.05) is 7.05 Å². The van der Waals surface area contributed by atoms with E-state index in [1.807, 2.05) is 158 Å². The van der Waals surface area contributed by atoms with Crippen LogP contribution in [0.5, 0.6) is 0 Å². The summed E-state index contributed by atoms with van der Waals surface area (Å²) >= 11 is 2.89. The molecule has 6 fully saturated rings. The summed E-state index contributed by atoms with van der Waals surface area (Å²) in [6.07, 6.45) is 7.00. The van der Waals surface area contributed by atoms with Gasteiger partial charge in [-0.1, -0.05) is 289 Å². The first-order chi connectivity index (χ1) is 65.7. The number of hydrogen-bond acceptors (Lipinski definition) is 33. The number of nitriles is 1. The molecule has 0 spiro atoms. The molecule has 0 aromatic heterocycles. The molecular formula is C96H138ClKLiN10Na3O31S3. The number of carbonyl (C=O) groups is 10. The van der Waals surface area contributed by atoms with Crippen LogP contribution in [-0.4, -0.2) is 258 Å². The van der Waals surface area contributed by atoms with Crippen molar-refractivity contribution in [2.24, 2.45) is 41.2 Å². The summed E-state index contributed by atoms with van der Waals surface area (Å²) in [5.74, 6) is -0.0363. The number of carboxylic acids is 1. The summed E-state index contributed by atoms with van der Waals surface area (Å²) in [4.78, 5) is 115. The maximum atomic E-state index is 11.9. The molecule has 50 heteroatoms. The molecular weight excluding hydrogens is 2040 g/mol. The molecule has 6 aromatic rings. The van der Waals surface area contributed by atoms with E-state index < -0.39 is 149 Å². The van der Waals surface area contributed by atoms with Crippen LogP contribution in [0.1, 0.15) is 179 Å². The number of halogens is 1. The number of ether oxygens (including phenoxy) is 7. The van der Waals surface area contributed by atoms with E-state index in [1.54, 1.807) is 30.3 Å². The number of aliphatic carboxylic acids is 1.